The van der Waals surface area contributed by atoms with Gasteiger partial charge in [0.25, 0.3) is 5.91 Å². The minimum absolute atomic E-state index is 0.0674. The van der Waals surface area contributed by atoms with Crippen molar-refractivity contribution < 1.29 is 31.9 Å². The SMILES string of the molecule is CNC(=O)c1cc(Oc2ccc(NC(=O)Nc3cc(C(F)(F)F)ccc3-n3ccnc3)c(F)c2)ccn1. The van der Waals surface area contributed by atoms with Gasteiger partial charge in [0, 0.05) is 37.8 Å². The number of imidazole rings is 1. The molecule has 37 heavy (non-hydrogen) atoms. The summed E-state index contributed by atoms with van der Waals surface area (Å²) in [7, 11) is 1.44. The van der Waals surface area contributed by atoms with Crippen molar-refractivity contribution in [3.63, 3.8) is 0 Å². The summed E-state index contributed by atoms with van der Waals surface area (Å²) in [5, 5.41) is 7.01. The smallest absolute Gasteiger partial charge is 0.416 e. The molecule has 190 valence electrons. The molecule has 0 bridgehead atoms. The summed E-state index contributed by atoms with van der Waals surface area (Å²) in [6.07, 6.45) is 0.974. The van der Waals surface area contributed by atoms with Gasteiger partial charge in [0.1, 0.15) is 23.0 Å². The highest BCUT2D eigenvalue weighted by Crippen LogP contribution is 2.33. The largest absolute Gasteiger partial charge is 0.457 e. The van der Waals surface area contributed by atoms with E-state index < -0.39 is 29.5 Å². The molecule has 0 saturated carbocycles. The Morgan fingerprint density at radius 3 is 2.38 bits per heavy atom. The number of aromatic nitrogens is 3. The van der Waals surface area contributed by atoms with Crippen LogP contribution in [0.4, 0.5) is 33.7 Å². The van der Waals surface area contributed by atoms with E-state index in [1.54, 1.807) is 0 Å². The van der Waals surface area contributed by atoms with Crippen molar-refractivity contribution in [3.05, 3.63) is 90.5 Å². The average Bonchev–Trinajstić information content (AvgIpc) is 3.39. The molecule has 3 amide bonds. The number of carbonyl (C=O) groups excluding carboxylic acids is 2. The molecule has 4 aromatic rings. The number of ether oxygens (including phenoxy) is 1. The van der Waals surface area contributed by atoms with E-state index in [0.29, 0.717) is 0 Å². The van der Waals surface area contributed by atoms with Gasteiger partial charge < -0.3 is 25.3 Å². The Hall–Kier alpha value is -4.94. The lowest BCUT2D eigenvalue weighted by Crippen LogP contribution is -2.21. The zero-order valence-corrected chi connectivity index (χ0v) is 19.0. The van der Waals surface area contributed by atoms with Gasteiger partial charge in [-0.15, -0.1) is 0 Å². The van der Waals surface area contributed by atoms with Gasteiger partial charge in [0.05, 0.1) is 29.0 Å². The van der Waals surface area contributed by atoms with Crippen LogP contribution in [0.1, 0.15) is 16.1 Å². The van der Waals surface area contributed by atoms with Crippen molar-refractivity contribution in [2.24, 2.45) is 0 Å². The second-order valence-electron chi connectivity index (χ2n) is 7.48. The third kappa shape index (κ3) is 6.01. The summed E-state index contributed by atoms with van der Waals surface area (Å²) in [4.78, 5) is 32.0. The van der Waals surface area contributed by atoms with E-state index in [4.69, 9.17) is 4.74 Å². The predicted octanol–water partition coefficient (Wildman–Crippen LogP) is 5.22. The Labute approximate surface area is 207 Å². The number of alkyl halides is 3. The maximum absolute atomic E-state index is 14.7. The predicted molar refractivity (Wildman–Crippen MR) is 125 cm³/mol. The molecule has 0 aliphatic rings. The van der Waals surface area contributed by atoms with Crippen molar-refractivity contribution in [1.82, 2.24) is 19.9 Å². The number of carbonyl (C=O) groups is 2. The number of rotatable bonds is 6. The van der Waals surface area contributed by atoms with Crippen LogP contribution >= 0.6 is 0 Å². The van der Waals surface area contributed by atoms with Gasteiger partial charge in [-0.05, 0) is 36.4 Å². The molecule has 0 saturated heterocycles. The summed E-state index contributed by atoms with van der Waals surface area (Å²) in [6, 6.07) is 8.26. The Morgan fingerprint density at radius 1 is 0.946 bits per heavy atom. The van der Waals surface area contributed by atoms with Crippen LogP contribution in [-0.2, 0) is 6.18 Å². The highest BCUT2D eigenvalue weighted by atomic mass is 19.4. The molecule has 2 heterocycles. The van der Waals surface area contributed by atoms with Gasteiger partial charge in [-0.25, -0.2) is 14.2 Å². The van der Waals surface area contributed by atoms with Crippen LogP contribution in [0.5, 0.6) is 11.5 Å². The number of nitrogens with zero attached hydrogens (tertiary/aromatic N) is 3. The maximum Gasteiger partial charge on any atom is 0.416 e. The van der Waals surface area contributed by atoms with E-state index in [2.05, 4.69) is 25.9 Å². The van der Waals surface area contributed by atoms with E-state index in [9.17, 15) is 27.2 Å². The van der Waals surface area contributed by atoms with Crippen LogP contribution in [-0.4, -0.2) is 33.5 Å². The standard InChI is InChI=1S/C24H18F4N6O3/c1-29-22(35)20-12-16(6-7-31-20)37-15-3-4-18(17(25)11-15)32-23(36)33-19-10-14(24(26,27)28)2-5-21(19)34-9-8-30-13-34/h2-13H,1H3,(H,29,35)(H2,32,33,36). The third-order valence-electron chi connectivity index (χ3n) is 4.97. The number of pyridine rings is 1. The Morgan fingerprint density at radius 2 is 1.70 bits per heavy atom. The van der Waals surface area contributed by atoms with Gasteiger partial charge in [-0.3, -0.25) is 9.78 Å². The maximum atomic E-state index is 14.7. The minimum atomic E-state index is -4.64. The molecule has 0 spiro atoms. The van der Waals surface area contributed by atoms with Crippen molar-refractivity contribution >= 4 is 23.3 Å². The number of halogens is 4. The van der Waals surface area contributed by atoms with E-state index in [0.717, 1.165) is 18.2 Å². The van der Waals surface area contributed by atoms with Crippen LogP contribution in [0.25, 0.3) is 5.69 Å². The third-order valence-corrected chi connectivity index (χ3v) is 4.97. The molecule has 4 rings (SSSR count). The Kier molecular flexibility index (Phi) is 7.04. The van der Waals surface area contributed by atoms with Crippen LogP contribution in [0.15, 0.2) is 73.4 Å². The summed E-state index contributed by atoms with van der Waals surface area (Å²) in [5.41, 5.74) is -1.08. The van der Waals surface area contributed by atoms with Gasteiger partial charge in [-0.2, -0.15) is 13.2 Å². The first-order valence-corrected chi connectivity index (χ1v) is 10.6. The number of anilines is 2. The molecule has 2 aromatic carbocycles. The quantitative estimate of drug-likeness (QED) is 0.306. The zero-order valence-electron chi connectivity index (χ0n) is 19.0. The number of hydrogen-bond donors (Lipinski definition) is 3. The molecule has 3 N–H and O–H groups in total. The molecular formula is C24H18F4N6O3. The topological polar surface area (TPSA) is 110 Å². The van der Waals surface area contributed by atoms with E-state index in [-0.39, 0.29) is 34.3 Å². The molecule has 0 fully saturated rings. The lowest BCUT2D eigenvalue weighted by Gasteiger charge is -2.16. The fourth-order valence-electron chi connectivity index (χ4n) is 3.24. The van der Waals surface area contributed by atoms with E-state index in [1.165, 1.54) is 66.9 Å². The molecule has 0 unspecified atom stereocenters. The van der Waals surface area contributed by atoms with E-state index in [1.807, 2.05) is 0 Å². The number of benzene rings is 2. The minimum Gasteiger partial charge on any atom is -0.457 e. The average molecular weight is 514 g/mol. The number of nitrogens with one attached hydrogen (secondary N) is 3. The first kappa shape index (κ1) is 25.2. The van der Waals surface area contributed by atoms with Crippen molar-refractivity contribution in [3.8, 4) is 17.2 Å². The monoisotopic (exact) mass is 514 g/mol. The van der Waals surface area contributed by atoms with Crippen molar-refractivity contribution in [1.29, 1.82) is 0 Å². The fourth-order valence-corrected chi connectivity index (χ4v) is 3.24. The van der Waals surface area contributed by atoms with E-state index >= 15 is 0 Å². The fraction of sp³-hybridized carbons (Fsp3) is 0.0833. The molecular weight excluding hydrogens is 496 g/mol. The van der Waals surface area contributed by atoms with Crippen LogP contribution in [0.3, 0.4) is 0 Å². The van der Waals surface area contributed by atoms with Gasteiger partial charge >= 0.3 is 12.2 Å². The number of amides is 3. The Balaban J connectivity index is 1.50. The summed E-state index contributed by atoms with van der Waals surface area (Å²) in [5.74, 6) is -1.01. The number of urea groups is 1. The number of hydrogen-bond acceptors (Lipinski definition) is 5. The van der Waals surface area contributed by atoms with Gasteiger partial charge in [0.15, 0.2) is 0 Å². The molecule has 0 aliphatic carbocycles. The normalized spacial score (nSPS) is 11.1. The summed E-state index contributed by atoms with van der Waals surface area (Å²) >= 11 is 0. The molecule has 0 aliphatic heterocycles. The first-order chi connectivity index (χ1) is 17.6. The second-order valence-corrected chi connectivity index (χ2v) is 7.48. The summed E-state index contributed by atoms with van der Waals surface area (Å²) < 4.78 is 61.3. The molecule has 0 atom stereocenters. The van der Waals surface area contributed by atoms with Gasteiger partial charge in [-0.1, -0.05) is 0 Å². The van der Waals surface area contributed by atoms with Crippen LogP contribution < -0.4 is 20.7 Å². The molecule has 2 aromatic heterocycles. The van der Waals surface area contributed by atoms with Crippen LogP contribution in [0, 0.1) is 5.82 Å². The molecule has 13 heteroatoms. The van der Waals surface area contributed by atoms with Crippen molar-refractivity contribution in [2.45, 2.75) is 6.18 Å². The molecule has 9 nitrogen and oxygen atoms in total. The van der Waals surface area contributed by atoms with Gasteiger partial charge in [0.2, 0.25) is 0 Å². The van der Waals surface area contributed by atoms with Crippen LogP contribution in [0.2, 0.25) is 0 Å². The highest BCUT2D eigenvalue weighted by molar-refractivity contribution is 6.01. The lowest BCUT2D eigenvalue weighted by atomic mass is 10.1. The van der Waals surface area contributed by atoms with Crippen molar-refractivity contribution in [2.75, 3.05) is 17.7 Å². The zero-order chi connectivity index (χ0) is 26.6. The Bertz CT molecular complexity index is 1440. The first-order valence-electron chi connectivity index (χ1n) is 10.6. The highest BCUT2D eigenvalue weighted by Gasteiger charge is 2.31. The molecule has 0 radical (unpaired) electrons. The lowest BCUT2D eigenvalue weighted by molar-refractivity contribution is -0.137. The second kappa shape index (κ2) is 10.4. The summed E-state index contributed by atoms with van der Waals surface area (Å²) in [6.45, 7) is 0.